The van der Waals surface area contributed by atoms with Crippen LogP contribution in [0.15, 0.2) is 16.7 Å². The Labute approximate surface area is 112 Å². The molecular formula is C10H14BrN3O4. The molecule has 1 aromatic heterocycles. The van der Waals surface area contributed by atoms with Gasteiger partial charge in [0.2, 0.25) is 0 Å². The smallest absolute Gasteiger partial charge is 0.288 e. The number of ether oxygens (including phenoxy) is 1. The minimum atomic E-state index is -0.542. The Morgan fingerprint density at radius 3 is 3.00 bits per heavy atom. The lowest BCUT2D eigenvalue weighted by Crippen LogP contribution is -2.18. The number of pyridine rings is 1. The Kier molecular flexibility index (Phi) is 5.96. The quantitative estimate of drug-likeness (QED) is 0.584. The zero-order valence-corrected chi connectivity index (χ0v) is 11.4. The number of hydrogen-bond donors (Lipinski definition) is 2. The average Bonchev–Trinajstić information content (AvgIpc) is 2.31. The van der Waals surface area contributed by atoms with E-state index < -0.39 is 11.0 Å². The predicted molar refractivity (Wildman–Crippen MR) is 69.6 cm³/mol. The summed E-state index contributed by atoms with van der Waals surface area (Å²) in [6.45, 7) is 0.768. The monoisotopic (exact) mass is 319 g/mol. The van der Waals surface area contributed by atoms with Crippen molar-refractivity contribution in [3.8, 4) is 0 Å². The summed E-state index contributed by atoms with van der Waals surface area (Å²) in [4.78, 5) is 13.9. The molecule has 100 valence electrons. The molecule has 0 saturated carbocycles. The molecule has 18 heavy (non-hydrogen) atoms. The van der Waals surface area contributed by atoms with Gasteiger partial charge in [-0.05, 0) is 22.4 Å². The second kappa shape index (κ2) is 7.24. The highest BCUT2D eigenvalue weighted by atomic mass is 79.9. The van der Waals surface area contributed by atoms with Crippen LogP contribution in [0, 0.1) is 10.1 Å². The van der Waals surface area contributed by atoms with Crippen LogP contribution in [0.1, 0.15) is 6.42 Å². The molecule has 0 spiro atoms. The van der Waals surface area contributed by atoms with E-state index in [-0.39, 0.29) is 12.3 Å². The van der Waals surface area contributed by atoms with E-state index in [2.05, 4.69) is 26.2 Å². The van der Waals surface area contributed by atoms with Gasteiger partial charge in [-0.2, -0.15) is 0 Å². The maximum absolute atomic E-state index is 10.5. The molecule has 1 atom stereocenters. The van der Waals surface area contributed by atoms with Crippen molar-refractivity contribution in [1.29, 1.82) is 0 Å². The van der Waals surface area contributed by atoms with Crippen molar-refractivity contribution in [3.63, 3.8) is 0 Å². The van der Waals surface area contributed by atoms with Crippen molar-refractivity contribution in [1.82, 2.24) is 4.98 Å². The molecule has 0 amide bonds. The molecule has 7 nitrogen and oxygen atoms in total. The number of nitrogens with one attached hydrogen (secondary N) is 1. The second-order valence-electron chi connectivity index (χ2n) is 3.61. The first-order valence-corrected chi connectivity index (χ1v) is 6.04. The Bertz CT molecular complexity index is 416. The molecule has 1 heterocycles. The third kappa shape index (κ3) is 4.55. The molecule has 1 aromatic rings. The standard InChI is InChI=1S/C10H14BrN3O4/c1-18-6-8(15)2-3-12-10-9(11)4-7(5-13-10)14(16)17/h4-5,8,15H,2-3,6H2,1H3,(H,12,13). The largest absolute Gasteiger partial charge is 0.391 e. The van der Waals surface area contributed by atoms with Gasteiger partial charge in [0, 0.05) is 19.7 Å². The van der Waals surface area contributed by atoms with Crippen molar-refractivity contribution in [2.75, 3.05) is 25.6 Å². The minimum Gasteiger partial charge on any atom is -0.391 e. The summed E-state index contributed by atoms with van der Waals surface area (Å²) in [5, 5.41) is 22.9. The normalized spacial score (nSPS) is 12.2. The van der Waals surface area contributed by atoms with Crippen LogP contribution in [0.2, 0.25) is 0 Å². The fraction of sp³-hybridized carbons (Fsp3) is 0.500. The first kappa shape index (κ1) is 14.8. The van der Waals surface area contributed by atoms with Gasteiger partial charge >= 0.3 is 0 Å². The van der Waals surface area contributed by atoms with E-state index in [0.29, 0.717) is 23.3 Å². The lowest BCUT2D eigenvalue weighted by molar-refractivity contribution is -0.385. The topological polar surface area (TPSA) is 97.5 Å². The van der Waals surface area contributed by atoms with Crippen LogP contribution >= 0.6 is 15.9 Å². The fourth-order valence-electron chi connectivity index (χ4n) is 1.29. The summed E-state index contributed by atoms with van der Waals surface area (Å²) in [6.07, 6.45) is 1.14. The molecule has 0 bridgehead atoms. The number of anilines is 1. The average molecular weight is 320 g/mol. The number of rotatable bonds is 7. The minimum absolute atomic E-state index is 0.0770. The first-order valence-electron chi connectivity index (χ1n) is 5.25. The van der Waals surface area contributed by atoms with Gasteiger partial charge in [0.05, 0.1) is 22.1 Å². The van der Waals surface area contributed by atoms with Gasteiger partial charge in [-0.3, -0.25) is 10.1 Å². The highest BCUT2D eigenvalue weighted by molar-refractivity contribution is 9.10. The Balaban J connectivity index is 2.50. The number of hydrogen-bond acceptors (Lipinski definition) is 6. The molecule has 0 aliphatic carbocycles. The third-order valence-corrected chi connectivity index (χ3v) is 2.77. The third-order valence-electron chi connectivity index (χ3n) is 2.17. The highest BCUT2D eigenvalue weighted by Crippen LogP contribution is 2.24. The van der Waals surface area contributed by atoms with E-state index in [9.17, 15) is 15.2 Å². The lowest BCUT2D eigenvalue weighted by atomic mass is 10.2. The van der Waals surface area contributed by atoms with Crippen LogP contribution in [0.4, 0.5) is 11.5 Å². The highest BCUT2D eigenvalue weighted by Gasteiger charge is 2.10. The Morgan fingerprint density at radius 1 is 1.72 bits per heavy atom. The predicted octanol–water partition coefficient (Wildman–Crippen LogP) is 1.56. The molecule has 1 rings (SSSR count). The van der Waals surface area contributed by atoms with Gasteiger partial charge in [-0.15, -0.1) is 0 Å². The van der Waals surface area contributed by atoms with Gasteiger partial charge in [0.15, 0.2) is 0 Å². The number of aliphatic hydroxyl groups is 1. The lowest BCUT2D eigenvalue weighted by Gasteiger charge is -2.11. The van der Waals surface area contributed by atoms with Crippen LogP contribution in [0.25, 0.3) is 0 Å². The van der Waals surface area contributed by atoms with Crippen molar-refractivity contribution in [2.24, 2.45) is 0 Å². The summed E-state index contributed by atoms with van der Waals surface area (Å²) in [5.41, 5.74) is -0.0770. The van der Waals surface area contributed by atoms with E-state index in [1.165, 1.54) is 19.4 Å². The maximum atomic E-state index is 10.5. The summed E-state index contributed by atoms with van der Waals surface area (Å²) >= 11 is 3.20. The Morgan fingerprint density at radius 2 is 2.44 bits per heavy atom. The van der Waals surface area contributed by atoms with E-state index in [1.807, 2.05) is 0 Å². The molecule has 2 N–H and O–H groups in total. The zero-order valence-electron chi connectivity index (χ0n) is 9.80. The van der Waals surface area contributed by atoms with E-state index in [1.54, 1.807) is 0 Å². The van der Waals surface area contributed by atoms with Crippen LogP contribution in [-0.4, -0.2) is 41.4 Å². The van der Waals surface area contributed by atoms with Gasteiger partial charge < -0.3 is 15.2 Å². The van der Waals surface area contributed by atoms with Crippen molar-refractivity contribution in [2.45, 2.75) is 12.5 Å². The molecule has 0 aliphatic heterocycles. The van der Waals surface area contributed by atoms with Crippen LogP contribution in [0.5, 0.6) is 0 Å². The van der Waals surface area contributed by atoms with E-state index in [0.717, 1.165) is 0 Å². The van der Waals surface area contributed by atoms with Gasteiger partial charge in [0.25, 0.3) is 5.69 Å². The first-order chi connectivity index (χ1) is 8.54. The number of methoxy groups -OCH3 is 1. The summed E-state index contributed by atoms with van der Waals surface area (Å²) in [5.74, 6) is 0.505. The van der Waals surface area contributed by atoms with E-state index >= 15 is 0 Å². The van der Waals surface area contributed by atoms with Crippen LogP contribution in [0.3, 0.4) is 0 Å². The molecule has 1 unspecified atom stereocenters. The van der Waals surface area contributed by atoms with E-state index in [4.69, 9.17) is 4.74 Å². The number of aromatic nitrogens is 1. The molecule has 0 saturated heterocycles. The SMILES string of the molecule is COCC(O)CCNc1ncc([N+](=O)[O-])cc1Br. The fourth-order valence-corrected chi connectivity index (χ4v) is 1.77. The van der Waals surface area contributed by atoms with Crippen LogP contribution < -0.4 is 5.32 Å². The molecule has 0 radical (unpaired) electrons. The van der Waals surface area contributed by atoms with Gasteiger partial charge in [0.1, 0.15) is 12.0 Å². The summed E-state index contributed by atoms with van der Waals surface area (Å²) in [6, 6.07) is 1.38. The molecule has 0 aliphatic rings. The summed E-state index contributed by atoms with van der Waals surface area (Å²) < 4.78 is 5.31. The van der Waals surface area contributed by atoms with Gasteiger partial charge in [-0.1, -0.05) is 0 Å². The van der Waals surface area contributed by atoms with Crippen LogP contribution in [-0.2, 0) is 4.74 Å². The van der Waals surface area contributed by atoms with Crippen molar-refractivity contribution < 1.29 is 14.8 Å². The number of nitro groups is 1. The van der Waals surface area contributed by atoms with Crippen molar-refractivity contribution in [3.05, 3.63) is 26.9 Å². The maximum Gasteiger partial charge on any atom is 0.288 e. The van der Waals surface area contributed by atoms with Crippen molar-refractivity contribution >= 4 is 27.4 Å². The molecule has 0 fully saturated rings. The number of halogens is 1. The molecule has 8 heteroatoms. The molecular weight excluding hydrogens is 306 g/mol. The Hall–Kier alpha value is -1.25. The second-order valence-corrected chi connectivity index (χ2v) is 4.46. The zero-order chi connectivity index (χ0) is 13.5. The van der Waals surface area contributed by atoms with Gasteiger partial charge in [-0.25, -0.2) is 4.98 Å². The summed E-state index contributed by atoms with van der Waals surface area (Å²) in [7, 11) is 1.52. The number of nitrogens with zero attached hydrogens (tertiary/aromatic N) is 2. The number of aliphatic hydroxyl groups excluding tert-OH is 1. The molecule has 0 aromatic carbocycles.